The third-order valence-electron chi connectivity index (χ3n) is 3.20. The summed E-state index contributed by atoms with van der Waals surface area (Å²) in [5.41, 5.74) is -0.533. The number of aromatic amines is 2. The summed E-state index contributed by atoms with van der Waals surface area (Å²) in [6, 6.07) is 10.9. The van der Waals surface area contributed by atoms with Gasteiger partial charge < -0.3 is 4.98 Å². The fourth-order valence-corrected chi connectivity index (χ4v) is 2.97. The Morgan fingerprint density at radius 2 is 1.64 bits per heavy atom. The number of benzene rings is 2. The van der Waals surface area contributed by atoms with Gasteiger partial charge in [-0.05, 0) is 17.7 Å². The van der Waals surface area contributed by atoms with Crippen molar-refractivity contribution >= 4 is 21.0 Å². The van der Waals surface area contributed by atoms with Crippen LogP contribution < -0.4 is 11.2 Å². The Labute approximate surface area is 124 Å². The van der Waals surface area contributed by atoms with Gasteiger partial charge in [0.25, 0.3) is 15.7 Å². The molecule has 0 aliphatic heterocycles. The van der Waals surface area contributed by atoms with E-state index in [0.29, 0.717) is 5.56 Å². The van der Waals surface area contributed by atoms with E-state index in [2.05, 4.69) is 4.98 Å². The van der Waals surface area contributed by atoms with Gasteiger partial charge in [-0.2, -0.15) is 8.42 Å². The van der Waals surface area contributed by atoms with Crippen LogP contribution in [0.15, 0.2) is 56.9 Å². The van der Waals surface area contributed by atoms with E-state index in [1.54, 1.807) is 30.3 Å². The molecule has 2 aromatic carbocycles. The minimum absolute atomic E-state index is 0.0353. The second-order valence-electron chi connectivity index (χ2n) is 4.64. The zero-order valence-electron chi connectivity index (χ0n) is 11.0. The topological polar surface area (TPSA) is 120 Å². The molecule has 0 saturated heterocycles. The molecule has 112 valence electrons. The van der Waals surface area contributed by atoms with Crippen LogP contribution in [0.5, 0.6) is 0 Å². The van der Waals surface area contributed by atoms with Crippen molar-refractivity contribution in [2.24, 2.45) is 0 Å². The summed E-state index contributed by atoms with van der Waals surface area (Å²) in [5, 5.41) is -0.0353. The van der Waals surface area contributed by atoms with Gasteiger partial charge in [0.1, 0.15) is 4.90 Å². The Bertz CT molecular complexity index is 1080. The first-order valence-electron chi connectivity index (χ1n) is 6.19. The molecule has 3 rings (SSSR count). The lowest BCUT2D eigenvalue weighted by atomic mass is 10.0. The predicted molar refractivity (Wildman–Crippen MR) is 80.4 cm³/mol. The molecule has 0 atom stereocenters. The third-order valence-corrected chi connectivity index (χ3v) is 4.10. The predicted octanol–water partition coefficient (Wildman–Crippen LogP) is 1.13. The van der Waals surface area contributed by atoms with Crippen LogP contribution in [-0.2, 0) is 10.1 Å². The van der Waals surface area contributed by atoms with Crippen LogP contribution in [0, 0.1) is 0 Å². The quantitative estimate of drug-likeness (QED) is 0.612. The average Bonchev–Trinajstić information content (AvgIpc) is 2.45. The molecule has 8 heteroatoms. The highest BCUT2D eigenvalue weighted by Gasteiger charge is 2.19. The first-order valence-corrected chi connectivity index (χ1v) is 7.63. The molecule has 0 amide bonds. The Morgan fingerprint density at radius 1 is 0.955 bits per heavy atom. The van der Waals surface area contributed by atoms with Crippen LogP contribution in [0.25, 0.3) is 22.0 Å². The number of hydrogen-bond donors (Lipinski definition) is 3. The van der Waals surface area contributed by atoms with Crippen LogP contribution in [-0.4, -0.2) is 22.9 Å². The molecule has 7 nitrogen and oxygen atoms in total. The van der Waals surface area contributed by atoms with E-state index in [9.17, 15) is 22.6 Å². The van der Waals surface area contributed by atoms with Crippen molar-refractivity contribution in [3.8, 4) is 11.1 Å². The summed E-state index contributed by atoms with van der Waals surface area (Å²) in [6.07, 6.45) is 0. The summed E-state index contributed by atoms with van der Waals surface area (Å²) >= 11 is 0. The molecule has 1 aromatic heterocycles. The number of hydrogen-bond acceptors (Lipinski definition) is 4. The lowest BCUT2D eigenvalue weighted by Crippen LogP contribution is -2.22. The first kappa shape index (κ1) is 14.2. The summed E-state index contributed by atoms with van der Waals surface area (Å²) in [4.78, 5) is 27.2. The molecule has 0 aliphatic carbocycles. The Balaban J connectivity index is 2.49. The Kier molecular flexibility index (Phi) is 3.19. The van der Waals surface area contributed by atoms with E-state index in [1.165, 1.54) is 6.07 Å². The highest BCUT2D eigenvalue weighted by atomic mass is 32.2. The SMILES string of the molecule is O=c1[nH]c(=O)c2cc(S(=O)(=O)O)c(-c3ccccc3)cc2[nH]1. The minimum atomic E-state index is -4.54. The molecule has 3 N–H and O–H groups in total. The summed E-state index contributed by atoms with van der Waals surface area (Å²) in [7, 11) is -4.54. The zero-order chi connectivity index (χ0) is 15.9. The van der Waals surface area contributed by atoms with Gasteiger partial charge in [0.05, 0.1) is 10.9 Å². The smallest absolute Gasteiger partial charge is 0.307 e. The second kappa shape index (κ2) is 4.93. The molecule has 1 heterocycles. The van der Waals surface area contributed by atoms with Gasteiger partial charge in [0.15, 0.2) is 0 Å². The number of fused-ring (bicyclic) bond motifs is 1. The normalized spacial score (nSPS) is 11.7. The lowest BCUT2D eigenvalue weighted by molar-refractivity contribution is 0.483. The van der Waals surface area contributed by atoms with Crippen molar-refractivity contribution in [3.05, 3.63) is 63.3 Å². The van der Waals surface area contributed by atoms with E-state index in [0.717, 1.165) is 6.07 Å². The number of nitrogens with one attached hydrogen (secondary N) is 2. The molecular weight excluding hydrogens is 308 g/mol. The van der Waals surface area contributed by atoms with Gasteiger partial charge in [-0.1, -0.05) is 30.3 Å². The number of aromatic nitrogens is 2. The summed E-state index contributed by atoms with van der Waals surface area (Å²) in [6.45, 7) is 0. The Hall–Kier alpha value is -2.71. The van der Waals surface area contributed by atoms with Gasteiger partial charge in [0, 0.05) is 5.56 Å². The molecule has 0 spiro atoms. The van der Waals surface area contributed by atoms with Crippen molar-refractivity contribution in [2.75, 3.05) is 0 Å². The van der Waals surface area contributed by atoms with Crippen molar-refractivity contribution in [3.63, 3.8) is 0 Å². The number of rotatable bonds is 2. The summed E-state index contributed by atoms with van der Waals surface area (Å²) < 4.78 is 32.7. The molecular formula is C14H10N2O5S. The maximum absolute atomic E-state index is 11.8. The van der Waals surface area contributed by atoms with Crippen LogP contribution in [0.4, 0.5) is 0 Å². The molecule has 22 heavy (non-hydrogen) atoms. The van der Waals surface area contributed by atoms with E-state index < -0.39 is 26.3 Å². The molecule has 0 bridgehead atoms. The fraction of sp³-hybridized carbons (Fsp3) is 0. The zero-order valence-corrected chi connectivity index (χ0v) is 11.8. The monoisotopic (exact) mass is 318 g/mol. The third kappa shape index (κ3) is 2.45. The number of H-pyrrole nitrogens is 2. The van der Waals surface area contributed by atoms with E-state index in [4.69, 9.17) is 0 Å². The van der Waals surface area contributed by atoms with Crippen LogP contribution in [0.1, 0.15) is 0 Å². The lowest BCUT2D eigenvalue weighted by Gasteiger charge is -2.09. The van der Waals surface area contributed by atoms with E-state index >= 15 is 0 Å². The van der Waals surface area contributed by atoms with Gasteiger partial charge in [-0.25, -0.2) is 4.79 Å². The molecule has 0 fully saturated rings. The van der Waals surface area contributed by atoms with Crippen molar-refractivity contribution in [2.45, 2.75) is 4.90 Å². The summed E-state index contributed by atoms with van der Waals surface area (Å²) in [5.74, 6) is 0. The van der Waals surface area contributed by atoms with Gasteiger partial charge in [-0.15, -0.1) is 0 Å². The van der Waals surface area contributed by atoms with Crippen LogP contribution >= 0.6 is 0 Å². The highest BCUT2D eigenvalue weighted by molar-refractivity contribution is 7.86. The van der Waals surface area contributed by atoms with Gasteiger partial charge in [0.2, 0.25) is 0 Å². The first-order chi connectivity index (χ1) is 10.4. The van der Waals surface area contributed by atoms with Crippen molar-refractivity contribution < 1.29 is 13.0 Å². The van der Waals surface area contributed by atoms with Crippen molar-refractivity contribution in [1.29, 1.82) is 0 Å². The molecule has 0 unspecified atom stereocenters. The Morgan fingerprint density at radius 3 is 2.27 bits per heavy atom. The van der Waals surface area contributed by atoms with E-state index in [-0.39, 0.29) is 16.5 Å². The maximum atomic E-state index is 11.8. The molecule has 0 aliphatic rings. The molecule has 0 radical (unpaired) electrons. The van der Waals surface area contributed by atoms with E-state index in [1.807, 2.05) is 4.98 Å². The molecule has 0 saturated carbocycles. The van der Waals surface area contributed by atoms with Gasteiger partial charge >= 0.3 is 5.69 Å². The van der Waals surface area contributed by atoms with Crippen LogP contribution in [0.2, 0.25) is 0 Å². The highest BCUT2D eigenvalue weighted by Crippen LogP contribution is 2.29. The maximum Gasteiger partial charge on any atom is 0.326 e. The standard InChI is InChI=1S/C14H10N2O5S/c17-13-10-7-12(22(19,20)21)9(8-4-2-1-3-5-8)6-11(10)15-14(18)16-13/h1-7H,(H,19,20,21)(H2,15,16,17,18). The minimum Gasteiger partial charge on any atom is -0.307 e. The van der Waals surface area contributed by atoms with Crippen LogP contribution in [0.3, 0.4) is 0 Å². The second-order valence-corrected chi connectivity index (χ2v) is 6.03. The van der Waals surface area contributed by atoms with Crippen molar-refractivity contribution in [1.82, 2.24) is 9.97 Å². The van der Waals surface area contributed by atoms with Gasteiger partial charge in [-0.3, -0.25) is 14.3 Å². The largest absolute Gasteiger partial charge is 0.326 e. The average molecular weight is 318 g/mol. The fourth-order valence-electron chi connectivity index (χ4n) is 2.25. The molecule has 3 aromatic rings.